The van der Waals surface area contributed by atoms with Crippen molar-refractivity contribution in [3.8, 4) is 0 Å². The molecule has 1 aliphatic rings. The van der Waals surface area contributed by atoms with Crippen molar-refractivity contribution < 1.29 is 9.72 Å². The lowest BCUT2D eigenvalue weighted by atomic mass is 10.1. The van der Waals surface area contributed by atoms with Crippen LogP contribution < -0.4 is 5.32 Å². The van der Waals surface area contributed by atoms with Crippen LogP contribution in [0, 0.1) is 17.0 Å². The molecule has 1 aromatic carbocycles. The van der Waals surface area contributed by atoms with Crippen LogP contribution in [0.1, 0.15) is 22.8 Å². The first-order valence-electron chi connectivity index (χ1n) is 6.26. The Labute approximate surface area is 111 Å². The fourth-order valence-corrected chi connectivity index (χ4v) is 2.29. The Balaban J connectivity index is 2.21. The summed E-state index contributed by atoms with van der Waals surface area (Å²) in [5.41, 5.74) is 1.20. The van der Waals surface area contributed by atoms with Crippen LogP contribution in [0.4, 0.5) is 5.69 Å². The molecule has 0 spiro atoms. The summed E-state index contributed by atoms with van der Waals surface area (Å²) in [5.74, 6) is -0.0549. The van der Waals surface area contributed by atoms with E-state index >= 15 is 0 Å². The molecular formula is C13H17N3O3. The molecule has 1 aliphatic heterocycles. The van der Waals surface area contributed by atoms with Gasteiger partial charge in [0.2, 0.25) is 0 Å². The molecule has 0 unspecified atom stereocenters. The minimum atomic E-state index is -0.450. The van der Waals surface area contributed by atoms with Crippen molar-refractivity contribution in [2.75, 3.05) is 19.6 Å². The number of piperazine rings is 1. The molecule has 0 radical (unpaired) electrons. The topological polar surface area (TPSA) is 75.5 Å². The second kappa shape index (κ2) is 5.36. The largest absolute Gasteiger partial charge is 0.336 e. The fraction of sp³-hybridized carbons (Fsp3) is 0.462. The smallest absolute Gasteiger partial charge is 0.269 e. The Hall–Kier alpha value is -1.95. The van der Waals surface area contributed by atoms with E-state index in [1.165, 1.54) is 12.1 Å². The normalized spacial score (nSPS) is 19.3. The lowest BCUT2D eigenvalue weighted by molar-refractivity contribution is -0.384. The van der Waals surface area contributed by atoms with Crippen LogP contribution in [0.3, 0.4) is 0 Å². The lowest BCUT2D eigenvalue weighted by Gasteiger charge is -2.32. The maximum Gasteiger partial charge on any atom is 0.269 e. The molecule has 0 aliphatic carbocycles. The molecule has 1 fully saturated rings. The van der Waals surface area contributed by atoms with Gasteiger partial charge >= 0.3 is 0 Å². The maximum absolute atomic E-state index is 12.4. The Kier molecular flexibility index (Phi) is 3.80. The second-order valence-corrected chi connectivity index (χ2v) is 4.86. The van der Waals surface area contributed by atoms with Gasteiger partial charge in [-0.1, -0.05) is 0 Å². The van der Waals surface area contributed by atoms with Gasteiger partial charge in [0.1, 0.15) is 0 Å². The number of benzene rings is 1. The van der Waals surface area contributed by atoms with Crippen molar-refractivity contribution in [2.45, 2.75) is 19.9 Å². The summed E-state index contributed by atoms with van der Waals surface area (Å²) in [5, 5.41) is 14.0. The third kappa shape index (κ3) is 2.90. The predicted molar refractivity (Wildman–Crippen MR) is 71.2 cm³/mol. The van der Waals surface area contributed by atoms with Gasteiger partial charge in [-0.3, -0.25) is 14.9 Å². The molecule has 6 heteroatoms. The Morgan fingerprint density at radius 1 is 1.53 bits per heavy atom. The van der Waals surface area contributed by atoms with E-state index in [4.69, 9.17) is 0 Å². The number of rotatable bonds is 2. The van der Waals surface area contributed by atoms with Crippen molar-refractivity contribution >= 4 is 11.6 Å². The van der Waals surface area contributed by atoms with Gasteiger partial charge in [-0.2, -0.15) is 0 Å². The quantitative estimate of drug-likeness (QED) is 0.645. The minimum Gasteiger partial charge on any atom is -0.336 e. The first-order valence-corrected chi connectivity index (χ1v) is 6.26. The van der Waals surface area contributed by atoms with Gasteiger partial charge in [0.15, 0.2) is 0 Å². The van der Waals surface area contributed by atoms with Crippen LogP contribution >= 0.6 is 0 Å². The van der Waals surface area contributed by atoms with Crippen molar-refractivity contribution in [1.29, 1.82) is 0 Å². The van der Waals surface area contributed by atoms with Gasteiger partial charge in [-0.05, 0) is 25.5 Å². The van der Waals surface area contributed by atoms with Crippen molar-refractivity contribution in [2.24, 2.45) is 0 Å². The van der Waals surface area contributed by atoms with E-state index in [1.807, 2.05) is 6.92 Å². The minimum absolute atomic E-state index is 0.0164. The molecule has 102 valence electrons. The van der Waals surface area contributed by atoms with Gasteiger partial charge in [0, 0.05) is 43.4 Å². The summed E-state index contributed by atoms with van der Waals surface area (Å²) in [4.78, 5) is 24.4. The number of nitrogens with zero attached hydrogens (tertiary/aromatic N) is 2. The van der Waals surface area contributed by atoms with Gasteiger partial charge in [0.25, 0.3) is 11.6 Å². The van der Waals surface area contributed by atoms with Gasteiger partial charge in [0.05, 0.1) is 4.92 Å². The van der Waals surface area contributed by atoms with Crippen LogP contribution in [0.15, 0.2) is 18.2 Å². The summed E-state index contributed by atoms with van der Waals surface area (Å²) in [7, 11) is 0. The highest BCUT2D eigenvalue weighted by atomic mass is 16.6. The van der Waals surface area contributed by atoms with E-state index in [-0.39, 0.29) is 17.6 Å². The maximum atomic E-state index is 12.4. The van der Waals surface area contributed by atoms with Crippen LogP contribution in [0.25, 0.3) is 0 Å². The number of aryl methyl sites for hydroxylation is 1. The molecule has 6 nitrogen and oxygen atoms in total. The van der Waals surface area contributed by atoms with Crippen LogP contribution in [-0.2, 0) is 0 Å². The average molecular weight is 263 g/mol. The van der Waals surface area contributed by atoms with Crippen LogP contribution in [0.2, 0.25) is 0 Å². The number of nitro benzene ring substituents is 1. The first kappa shape index (κ1) is 13.5. The Morgan fingerprint density at radius 2 is 2.26 bits per heavy atom. The average Bonchev–Trinajstić information content (AvgIpc) is 2.37. The summed E-state index contributed by atoms with van der Waals surface area (Å²) >= 11 is 0. The van der Waals surface area contributed by atoms with E-state index in [0.29, 0.717) is 24.2 Å². The van der Waals surface area contributed by atoms with E-state index in [1.54, 1.807) is 17.9 Å². The standard InChI is InChI=1S/C13H17N3O3/c1-9-7-11(16(18)19)3-4-12(9)13(17)15-6-5-14-10(2)8-15/h3-4,7,10,14H,5-6,8H2,1-2H3/t10-/m1/s1. The highest BCUT2D eigenvalue weighted by Gasteiger charge is 2.23. The molecule has 1 aromatic rings. The molecule has 0 saturated carbocycles. The number of hydrogen-bond acceptors (Lipinski definition) is 4. The SMILES string of the molecule is Cc1cc([N+](=O)[O-])ccc1C(=O)N1CCN[C@H](C)C1. The van der Waals surface area contributed by atoms with Crippen molar-refractivity contribution in [3.63, 3.8) is 0 Å². The number of amides is 1. The molecule has 1 amide bonds. The molecule has 19 heavy (non-hydrogen) atoms. The Bertz CT molecular complexity index is 516. The number of hydrogen-bond donors (Lipinski definition) is 1. The van der Waals surface area contributed by atoms with Crippen molar-refractivity contribution in [1.82, 2.24) is 10.2 Å². The van der Waals surface area contributed by atoms with E-state index in [9.17, 15) is 14.9 Å². The fourth-order valence-electron chi connectivity index (χ4n) is 2.29. The summed E-state index contributed by atoms with van der Waals surface area (Å²) < 4.78 is 0. The van der Waals surface area contributed by atoms with E-state index in [0.717, 1.165) is 6.54 Å². The van der Waals surface area contributed by atoms with E-state index in [2.05, 4.69) is 5.32 Å². The van der Waals surface area contributed by atoms with Crippen LogP contribution in [0.5, 0.6) is 0 Å². The highest BCUT2D eigenvalue weighted by Crippen LogP contribution is 2.19. The number of carbonyl (C=O) groups excluding carboxylic acids is 1. The third-order valence-corrected chi connectivity index (χ3v) is 3.31. The second-order valence-electron chi connectivity index (χ2n) is 4.86. The predicted octanol–water partition coefficient (Wildman–Crippen LogP) is 1.34. The zero-order valence-electron chi connectivity index (χ0n) is 11.0. The van der Waals surface area contributed by atoms with Gasteiger partial charge in [-0.15, -0.1) is 0 Å². The molecule has 0 bridgehead atoms. The van der Waals surface area contributed by atoms with E-state index < -0.39 is 4.92 Å². The van der Waals surface area contributed by atoms with Crippen molar-refractivity contribution in [3.05, 3.63) is 39.4 Å². The number of non-ortho nitro benzene ring substituents is 1. The van der Waals surface area contributed by atoms with Gasteiger partial charge < -0.3 is 10.2 Å². The zero-order chi connectivity index (χ0) is 14.0. The molecule has 1 atom stereocenters. The summed E-state index contributed by atoms with van der Waals surface area (Å²) in [6, 6.07) is 4.64. The van der Waals surface area contributed by atoms with Crippen LogP contribution in [-0.4, -0.2) is 41.4 Å². The number of carbonyl (C=O) groups is 1. The number of nitro groups is 1. The first-order chi connectivity index (χ1) is 8.99. The lowest BCUT2D eigenvalue weighted by Crippen LogP contribution is -2.51. The summed E-state index contributed by atoms with van der Waals surface area (Å²) in [6.45, 7) is 5.86. The monoisotopic (exact) mass is 263 g/mol. The zero-order valence-corrected chi connectivity index (χ0v) is 11.0. The molecule has 2 rings (SSSR count). The molecule has 1 saturated heterocycles. The Morgan fingerprint density at radius 3 is 2.84 bits per heavy atom. The van der Waals surface area contributed by atoms with Gasteiger partial charge in [-0.25, -0.2) is 0 Å². The molecule has 1 N–H and O–H groups in total. The molecule has 0 aromatic heterocycles. The third-order valence-electron chi connectivity index (χ3n) is 3.31. The summed E-state index contributed by atoms with van der Waals surface area (Å²) in [6.07, 6.45) is 0. The molecule has 1 heterocycles. The molecular weight excluding hydrogens is 246 g/mol. The highest BCUT2D eigenvalue weighted by molar-refractivity contribution is 5.96. The number of nitrogens with one attached hydrogen (secondary N) is 1.